The molecule has 1 aromatic heterocycles. The van der Waals surface area contributed by atoms with Crippen LogP contribution in [0.4, 0.5) is 0 Å². The van der Waals surface area contributed by atoms with Crippen molar-refractivity contribution in [2.24, 2.45) is 0 Å². The van der Waals surface area contributed by atoms with Gasteiger partial charge in [0.05, 0.1) is 18.1 Å². The van der Waals surface area contributed by atoms with E-state index in [1.807, 2.05) is 12.1 Å². The lowest BCUT2D eigenvalue weighted by atomic mass is 9.87. The third-order valence-electron chi connectivity index (χ3n) is 2.41. The zero-order valence-corrected chi connectivity index (χ0v) is 9.36. The van der Waals surface area contributed by atoms with Gasteiger partial charge in [-0.15, -0.1) is 0 Å². The van der Waals surface area contributed by atoms with Crippen LogP contribution in [0.1, 0.15) is 26.3 Å². The van der Waals surface area contributed by atoms with Crippen molar-refractivity contribution in [2.75, 3.05) is 0 Å². The molecule has 0 aliphatic heterocycles. The largest absolute Gasteiger partial charge is 0.232 e. The molecule has 0 N–H and O–H groups in total. The van der Waals surface area contributed by atoms with Crippen LogP contribution < -0.4 is 0 Å². The van der Waals surface area contributed by atoms with Crippen molar-refractivity contribution in [3.63, 3.8) is 0 Å². The van der Waals surface area contributed by atoms with Gasteiger partial charge in [0.1, 0.15) is 0 Å². The molecule has 1 heterocycles. The molecule has 2 heteroatoms. The average molecular weight is 199 g/mol. The van der Waals surface area contributed by atoms with E-state index >= 15 is 0 Å². The highest BCUT2D eigenvalue weighted by Crippen LogP contribution is 2.23. The first-order valence-corrected chi connectivity index (χ1v) is 5.10. The first-order chi connectivity index (χ1) is 7.07. The molecule has 15 heavy (non-hydrogen) atoms. The molecule has 77 valence electrons. The second kappa shape index (κ2) is 3.54. The summed E-state index contributed by atoms with van der Waals surface area (Å²) in [5, 5.41) is 4.17. The molecule has 0 saturated carbocycles. The van der Waals surface area contributed by atoms with Gasteiger partial charge in [-0.3, -0.25) is 0 Å². The Balaban J connectivity index is 2.44. The van der Waals surface area contributed by atoms with E-state index in [0.717, 1.165) is 5.69 Å². The van der Waals surface area contributed by atoms with Crippen molar-refractivity contribution < 1.29 is 0 Å². The molecule has 0 aliphatic carbocycles. The quantitative estimate of drug-likeness (QED) is 0.690. The van der Waals surface area contributed by atoms with Crippen LogP contribution in [-0.4, -0.2) is 9.78 Å². The number of hydrogen-bond acceptors (Lipinski definition) is 1. The highest BCUT2D eigenvalue weighted by molar-refractivity contribution is 5.37. The lowest BCUT2D eigenvalue weighted by molar-refractivity contribution is 0.589. The Morgan fingerprint density at radius 1 is 1.27 bits per heavy atom. The third-order valence-corrected chi connectivity index (χ3v) is 2.41. The highest BCUT2D eigenvalue weighted by atomic mass is 15.3. The van der Waals surface area contributed by atoms with E-state index in [-0.39, 0.29) is 5.41 Å². The maximum atomic E-state index is 4.17. The normalized spacial score (nSPS) is 11.7. The first-order valence-electron chi connectivity index (χ1n) is 5.10. The Kier molecular flexibility index (Phi) is 2.35. The monoisotopic (exact) mass is 199 g/mol. The Morgan fingerprint density at radius 2 is 2.07 bits per heavy atom. The molecular weight excluding hydrogens is 184 g/mol. The zero-order valence-electron chi connectivity index (χ0n) is 9.36. The van der Waals surface area contributed by atoms with Crippen LogP contribution in [0, 0.1) is 6.20 Å². The highest BCUT2D eigenvalue weighted by Gasteiger charge is 2.13. The number of hydrogen-bond donors (Lipinski definition) is 0. The molecule has 2 nitrogen and oxygen atoms in total. The Morgan fingerprint density at radius 3 is 2.67 bits per heavy atom. The predicted molar refractivity (Wildman–Crippen MR) is 61.1 cm³/mol. The van der Waals surface area contributed by atoms with Crippen molar-refractivity contribution in [1.82, 2.24) is 9.78 Å². The van der Waals surface area contributed by atoms with Crippen LogP contribution in [0.25, 0.3) is 5.69 Å². The molecular formula is C13H15N2. The Labute approximate surface area is 90.6 Å². The predicted octanol–water partition coefficient (Wildman–Crippen LogP) is 2.97. The molecule has 1 aromatic carbocycles. The Hall–Kier alpha value is -1.57. The second-order valence-corrected chi connectivity index (χ2v) is 4.67. The summed E-state index contributed by atoms with van der Waals surface area (Å²) in [4.78, 5) is 0. The van der Waals surface area contributed by atoms with E-state index in [2.05, 4.69) is 50.3 Å². The minimum Gasteiger partial charge on any atom is -0.232 e. The van der Waals surface area contributed by atoms with E-state index in [9.17, 15) is 0 Å². The minimum atomic E-state index is 0.170. The smallest absolute Gasteiger partial charge is 0.0926 e. The van der Waals surface area contributed by atoms with Crippen LogP contribution in [0.2, 0.25) is 0 Å². The molecule has 0 unspecified atom stereocenters. The molecule has 1 radical (unpaired) electrons. The van der Waals surface area contributed by atoms with Crippen molar-refractivity contribution in [1.29, 1.82) is 0 Å². The fourth-order valence-electron chi connectivity index (χ4n) is 1.48. The fourth-order valence-corrected chi connectivity index (χ4v) is 1.48. The van der Waals surface area contributed by atoms with Crippen molar-refractivity contribution in [2.45, 2.75) is 26.2 Å². The Bertz CT molecular complexity index is 436. The van der Waals surface area contributed by atoms with Crippen LogP contribution in [0.15, 0.2) is 36.5 Å². The number of benzene rings is 1. The summed E-state index contributed by atoms with van der Waals surface area (Å²) < 4.78 is 1.76. The van der Waals surface area contributed by atoms with Gasteiger partial charge in [-0.05, 0) is 29.2 Å². The lowest BCUT2D eigenvalue weighted by Gasteiger charge is -2.19. The molecule has 0 spiro atoms. The van der Waals surface area contributed by atoms with E-state index in [4.69, 9.17) is 0 Å². The standard InChI is InChI=1S/C13H15N2/c1-13(2,3)11-6-4-7-12(10-11)15-9-5-8-14-15/h4-8,10H,1-3H3. The zero-order chi connectivity index (χ0) is 10.9. The maximum Gasteiger partial charge on any atom is 0.0926 e. The molecule has 2 aromatic rings. The van der Waals surface area contributed by atoms with Crippen molar-refractivity contribution in [3.05, 3.63) is 48.3 Å². The molecule has 0 atom stereocenters. The first kappa shape index (κ1) is 9.97. The lowest BCUT2D eigenvalue weighted by Crippen LogP contribution is -2.11. The molecule has 0 saturated heterocycles. The van der Waals surface area contributed by atoms with Gasteiger partial charge in [0.15, 0.2) is 0 Å². The molecule has 0 amide bonds. The SMILES string of the molecule is CC(C)(C)c1cccc(-n2[c]ccn2)c1. The third kappa shape index (κ3) is 2.09. The minimum absolute atomic E-state index is 0.170. The maximum absolute atomic E-state index is 4.17. The summed E-state index contributed by atoms with van der Waals surface area (Å²) in [6.45, 7) is 6.62. The van der Waals surface area contributed by atoms with Gasteiger partial charge in [0, 0.05) is 0 Å². The number of nitrogens with zero attached hydrogens (tertiary/aromatic N) is 2. The summed E-state index contributed by atoms with van der Waals surface area (Å²) >= 11 is 0. The summed E-state index contributed by atoms with van der Waals surface area (Å²) in [6, 6.07) is 10.2. The molecule has 0 aliphatic rings. The van der Waals surface area contributed by atoms with Crippen molar-refractivity contribution in [3.8, 4) is 5.69 Å². The summed E-state index contributed by atoms with van der Waals surface area (Å²) in [5.41, 5.74) is 2.54. The van der Waals surface area contributed by atoms with Gasteiger partial charge in [-0.25, -0.2) is 4.68 Å². The van der Waals surface area contributed by atoms with Gasteiger partial charge >= 0.3 is 0 Å². The summed E-state index contributed by atoms with van der Waals surface area (Å²) in [7, 11) is 0. The number of aromatic nitrogens is 2. The van der Waals surface area contributed by atoms with Gasteiger partial charge < -0.3 is 0 Å². The molecule has 0 fully saturated rings. The average Bonchev–Trinajstić information content (AvgIpc) is 2.69. The van der Waals surface area contributed by atoms with Gasteiger partial charge in [-0.1, -0.05) is 32.9 Å². The molecule has 2 rings (SSSR count). The fraction of sp³-hybridized carbons (Fsp3) is 0.308. The topological polar surface area (TPSA) is 17.8 Å². The summed E-state index contributed by atoms with van der Waals surface area (Å²) in [6.07, 6.45) is 4.78. The van der Waals surface area contributed by atoms with E-state index < -0.39 is 0 Å². The van der Waals surface area contributed by atoms with Crippen LogP contribution in [0.3, 0.4) is 0 Å². The van der Waals surface area contributed by atoms with E-state index in [0.29, 0.717) is 0 Å². The van der Waals surface area contributed by atoms with E-state index in [1.165, 1.54) is 5.56 Å². The van der Waals surface area contributed by atoms with Gasteiger partial charge in [0.2, 0.25) is 0 Å². The van der Waals surface area contributed by atoms with Gasteiger partial charge in [-0.2, -0.15) is 5.10 Å². The second-order valence-electron chi connectivity index (χ2n) is 4.67. The van der Waals surface area contributed by atoms with Crippen molar-refractivity contribution >= 4 is 0 Å². The van der Waals surface area contributed by atoms with E-state index in [1.54, 1.807) is 10.9 Å². The van der Waals surface area contributed by atoms with Crippen LogP contribution in [0.5, 0.6) is 0 Å². The van der Waals surface area contributed by atoms with Gasteiger partial charge in [0.25, 0.3) is 0 Å². The summed E-state index contributed by atoms with van der Waals surface area (Å²) in [5.74, 6) is 0. The number of rotatable bonds is 1. The van der Waals surface area contributed by atoms with Crippen LogP contribution in [-0.2, 0) is 5.41 Å². The van der Waals surface area contributed by atoms with Crippen LogP contribution >= 0.6 is 0 Å². The molecule has 0 bridgehead atoms.